The molecule has 1 amide bonds. The lowest BCUT2D eigenvalue weighted by atomic mass is 10.2. The number of hydrogen-bond acceptors (Lipinski definition) is 6. The molecular formula is C21H19Cl2N5O2. The van der Waals surface area contributed by atoms with Crippen LogP contribution in [0.15, 0.2) is 54.7 Å². The van der Waals surface area contributed by atoms with Crippen LogP contribution in [0.25, 0.3) is 0 Å². The van der Waals surface area contributed by atoms with Gasteiger partial charge in [0.1, 0.15) is 0 Å². The van der Waals surface area contributed by atoms with Crippen molar-refractivity contribution in [2.75, 3.05) is 41.8 Å². The third kappa shape index (κ3) is 4.99. The molecule has 0 bridgehead atoms. The standard InChI is InChI=1S/C21H19Cl2N5O2/c22-14-1-6-18(19(23)11-14)21(29)26-16-4-2-15(3-5-16)25-20-12-17(13-24-27-20)28-7-9-30-10-8-28/h1-6,11-13H,7-10H2,(H,25,27)(H,26,29). The summed E-state index contributed by atoms with van der Waals surface area (Å²) in [5.74, 6) is 0.338. The lowest BCUT2D eigenvalue weighted by Gasteiger charge is -2.28. The maximum Gasteiger partial charge on any atom is 0.257 e. The Morgan fingerprint density at radius 2 is 1.73 bits per heavy atom. The van der Waals surface area contributed by atoms with Gasteiger partial charge in [0.15, 0.2) is 5.82 Å². The Morgan fingerprint density at radius 1 is 1.00 bits per heavy atom. The zero-order valence-electron chi connectivity index (χ0n) is 15.9. The number of amides is 1. The molecule has 0 atom stereocenters. The van der Waals surface area contributed by atoms with Crippen molar-refractivity contribution in [3.05, 3.63) is 70.3 Å². The summed E-state index contributed by atoms with van der Waals surface area (Å²) in [5, 5.41) is 15.1. The Bertz CT molecular complexity index is 1040. The fraction of sp³-hybridized carbons (Fsp3) is 0.190. The number of benzene rings is 2. The number of hydrogen-bond donors (Lipinski definition) is 2. The van der Waals surface area contributed by atoms with Crippen LogP contribution in [-0.4, -0.2) is 42.4 Å². The molecule has 2 N–H and O–H groups in total. The molecule has 1 aliphatic heterocycles. The molecule has 7 nitrogen and oxygen atoms in total. The van der Waals surface area contributed by atoms with Crippen molar-refractivity contribution in [3.63, 3.8) is 0 Å². The second-order valence-corrected chi connectivity index (χ2v) is 7.52. The topological polar surface area (TPSA) is 79.4 Å². The van der Waals surface area contributed by atoms with E-state index in [1.807, 2.05) is 18.2 Å². The first-order valence-electron chi connectivity index (χ1n) is 9.37. The zero-order valence-corrected chi connectivity index (χ0v) is 17.5. The minimum Gasteiger partial charge on any atom is -0.378 e. The molecule has 3 aromatic rings. The van der Waals surface area contributed by atoms with Gasteiger partial charge in [0.2, 0.25) is 0 Å². The van der Waals surface area contributed by atoms with Gasteiger partial charge >= 0.3 is 0 Å². The van der Waals surface area contributed by atoms with Gasteiger partial charge in [-0.2, -0.15) is 5.10 Å². The Labute approximate surface area is 184 Å². The summed E-state index contributed by atoms with van der Waals surface area (Å²) >= 11 is 12.0. The van der Waals surface area contributed by atoms with Gasteiger partial charge in [-0.05, 0) is 42.5 Å². The summed E-state index contributed by atoms with van der Waals surface area (Å²) in [5.41, 5.74) is 2.83. The minimum absolute atomic E-state index is 0.303. The fourth-order valence-corrected chi connectivity index (χ4v) is 3.56. The summed E-state index contributed by atoms with van der Waals surface area (Å²) in [6.45, 7) is 3.08. The van der Waals surface area contributed by atoms with Crippen LogP contribution in [0.3, 0.4) is 0 Å². The van der Waals surface area contributed by atoms with Crippen LogP contribution < -0.4 is 15.5 Å². The molecule has 0 saturated carbocycles. The summed E-state index contributed by atoms with van der Waals surface area (Å²) in [7, 11) is 0. The van der Waals surface area contributed by atoms with Crippen LogP contribution in [0.1, 0.15) is 10.4 Å². The smallest absolute Gasteiger partial charge is 0.257 e. The van der Waals surface area contributed by atoms with E-state index >= 15 is 0 Å². The van der Waals surface area contributed by atoms with E-state index in [1.165, 1.54) is 6.07 Å². The van der Waals surface area contributed by atoms with Crippen LogP contribution in [0.2, 0.25) is 10.0 Å². The van der Waals surface area contributed by atoms with Crippen molar-refractivity contribution in [2.45, 2.75) is 0 Å². The number of carbonyl (C=O) groups is 1. The Morgan fingerprint density at radius 3 is 2.47 bits per heavy atom. The molecule has 0 spiro atoms. The van der Waals surface area contributed by atoms with Crippen molar-refractivity contribution in [3.8, 4) is 0 Å². The number of nitrogens with zero attached hydrogens (tertiary/aromatic N) is 3. The molecule has 1 aromatic heterocycles. The number of halogens is 2. The third-order valence-electron chi connectivity index (χ3n) is 4.61. The van der Waals surface area contributed by atoms with Crippen molar-refractivity contribution < 1.29 is 9.53 Å². The molecule has 2 aromatic carbocycles. The second kappa shape index (κ2) is 9.30. The van der Waals surface area contributed by atoms with Crippen molar-refractivity contribution in [1.82, 2.24) is 10.2 Å². The van der Waals surface area contributed by atoms with E-state index in [2.05, 4.69) is 25.7 Å². The predicted molar refractivity (Wildman–Crippen MR) is 119 cm³/mol. The largest absolute Gasteiger partial charge is 0.378 e. The van der Waals surface area contributed by atoms with E-state index in [1.54, 1.807) is 30.5 Å². The van der Waals surface area contributed by atoms with Gasteiger partial charge < -0.3 is 20.3 Å². The van der Waals surface area contributed by atoms with Gasteiger partial charge in [-0.3, -0.25) is 4.79 Å². The lowest BCUT2D eigenvalue weighted by molar-refractivity contribution is 0.102. The highest BCUT2D eigenvalue weighted by Gasteiger charge is 2.13. The molecule has 9 heteroatoms. The Hall–Kier alpha value is -2.87. The van der Waals surface area contributed by atoms with E-state index < -0.39 is 0 Å². The number of nitrogens with one attached hydrogen (secondary N) is 2. The normalized spacial score (nSPS) is 13.7. The van der Waals surface area contributed by atoms with Crippen LogP contribution >= 0.6 is 23.2 Å². The van der Waals surface area contributed by atoms with E-state index in [0.717, 1.165) is 24.5 Å². The van der Waals surface area contributed by atoms with Gasteiger partial charge in [-0.25, -0.2) is 0 Å². The highest BCUT2D eigenvalue weighted by Crippen LogP contribution is 2.24. The quantitative estimate of drug-likeness (QED) is 0.598. The van der Waals surface area contributed by atoms with Crippen molar-refractivity contribution in [2.24, 2.45) is 0 Å². The number of ether oxygens (including phenoxy) is 1. The monoisotopic (exact) mass is 443 g/mol. The average molecular weight is 444 g/mol. The molecule has 0 radical (unpaired) electrons. The molecule has 0 unspecified atom stereocenters. The first kappa shape index (κ1) is 20.4. The summed E-state index contributed by atoms with van der Waals surface area (Å²) in [4.78, 5) is 14.6. The summed E-state index contributed by atoms with van der Waals surface area (Å²) in [6, 6.07) is 14.0. The van der Waals surface area contributed by atoms with E-state index in [9.17, 15) is 4.79 Å². The molecular weight excluding hydrogens is 425 g/mol. The molecule has 1 fully saturated rings. The molecule has 2 heterocycles. The molecule has 154 valence electrons. The number of anilines is 4. The van der Waals surface area contributed by atoms with Crippen LogP contribution in [-0.2, 0) is 4.74 Å². The fourth-order valence-electron chi connectivity index (χ4n) is 3.07. The van der Waals surface area contributed by atoms with Gasteiger partial charge in [0.25, 0.3) is 5.91 Å². The molecule has 30 heavy (non-hydrogen) atoms. The van der Waals surface area contributed by atoms with E-state index in [4.69, 9.17) is 27.9 Å². The van der Waals surface area contributed by atoms with Crippen LogP contribution in [0, 0.1) is 0 Å². The Kier molecular flexibility index (Phi) is 6.32. The highest BCUT2D eigenvalue weighted by molar-refractivity contribution is 6.37. The molecule has 1 aliphatic rings. The number of morpholine rings is 1. The van der Waals surface area contributed by atoms with Gasteiger partial charge in [-0.15, -0.1) is 5.10 Å². The van der Waals surface area contributed by atoms with Crippen LogP contribution in [0.5, 0.6) is 0 Å². The lowest BCUT2D eigenvalue weighted by Crippen LogP contribution is -2.36. The zero-order chi connectivity index (χ0) is 20.9. The molecule has 4 rings (SSSR count). The minimum atomic E-state index is -0.304. The predicted octanol–water partition coefficient (Wildman–Crippen LogP) is 4.62. The van der Waals surface area contributed by atoms with Gasteiger partial charge in [-0.1, -0.05) is 23.2 Å². The first-order valence-corrected chi connectivity index (χ1v) is 10.1. The maximum atomic E-state index is 12.4. The maximum absolute atomic E-state index is 12.4. The Balaban J connectivity index is 1.41. The SMILES string of the molecule is O=C(Nc1ccc(Nc2cc(N3CCOCC3)cnn2)cc1)c1ccc(Cl)cc1Cl. The molecule has 1 saturated heterocycles. The molecule has 0 aliphatic carbocycles. The van der Waals surface area contributed by atoms with E-state index in [-0.39, 0.29) is 5.91 Å². The van der Waals surface area contributed by atoms with Crippen molar-refractivity contribution >= 4 is 52.0 Å². The third-order valence-corrected chi connectivity index (χ3v) is 5.16. The number of rotatable bonds is 5. The second-order valence-electron chi connectivity index (χ2n) is 6.68. The van der Waals surface area contributed by atoms with Gasteiger partial charge in [0.05, 0.1) is 35.7 Å². The highest BCUT2D eigenvalue weighted by atomic mass is 35.5. The van der Waals surface area contributed by atoms with E-state index in [0.29, 0.717) is 40.3 Å². The summed E-state index contributed by atoms with van der Waals surface area (Å²) in [6.07, 6.45) is 1.75. The van der Waals surface area contributed by atoms with Gasteiger partial charge in [0, 0.05) is 35.6 Å². The summed E-state index contributed by atoms with van der Waals surface area (Å²) < 4.78 is 5.39. The van der Waals surface area contributed by atoms with Crippen molar-refractivity contribution in [1.29, 1.82) is 0 Å². The number of carbonyl (C=O) groups excluding carboxylic acids is 1. The number of aromatic nitrogens is 2. The first-order chi connectivity index (χ1) is 14.6. The average Bonchev–Trinajstić information content (AvgIpc) is 2.76. The van der Waals surface area contributed by atoms with Crippen LogP contribution in [0.4, 0.5) is 22.9 Å².